The van der Waals surface area contributed by atoms with E-state index in [1.54, 1.807) is 7.11 Å². The molecule has 0 aromatic heterocycles. The third kappa shape index (κ3) is 4.51. The van der Waals surface area contributed by atoms with Crippen molar-refractivity contribution in [2.24, 2.45) is 0 Å². The average molecular weight is 342 g/mol. The molecule has 0 aliphatic heterocycles. The number of amides is 1. The highest BCUT2D eigenvalue weighted by molar-refractivity contribution is 8.93. The van der Waals surface area contributed by atoms with Crippen molar-refractivity contribution in [1.82, 2.24) is 5.32 Å². The molecule has 4 nitrogen and oxygen atoms in total. The minimum absolute atomic E-state index is 0. The number of rotatable bonds is 4. The van der Waals surface area contributed by atoms with Crippen molar-refractivity contribution in [2.75, 3.05) is 13.7 Å². The second kappa shape index (κ2) is 8.55. The first-order valence-electron chi connectivity index (χ1n) is 6.01. The van der Waals surface area contributed by atoms with Gasteiger partial charge in [0.25, 0.3) is 0 Å². The van der Waals surface area contributed by atoms with E-state index in [1.807, 2.05) is 18.2 Å². The minimum atomic E-state index is 0. The number of methoxy groups -OCH3 is 1. The highest BCUT2D eigenvalue weighted by Crippen LogP contribution is 2.24. The number of carbonyl (C=O) groups excluding carboxylic acids is 1. The Labute approximate surface area is 129 Å². The fraction of sp³-hybridized carbons (Fsp3) is 0.267. The van der Waals surface area contributed by atoms with Crippen LogP contribution in [0.5, 0.6) is 5.75 Å². The molecular formula is C15H20BrNO3. The molecule has 110 valence electrons. The summed E-state index contributed by atoms with van der Waals surface area (Å²) < 4.78 is 5.25. The SMILES string of the molecule is Br.COc1ccc2cccc(CCNC(C)=O)c2c1.O. The van der Waals surface area contributed by atoms with Crippen LogP contribution in [-0.4, -0.2) is 25.0 Å². The molecule has 0 radical (unpaired) electrons. The number of hydrogen-bond acceptors (Lipinski definition) is 2. The quantitative estimate of drug-likeness (QED) is 0.926. The summed E-state index contributed by atoms with van der Waals surface area (Å²) in [7, 11) is 1.67. The van der Waals surface area contributed by atoms with Crippen LogP contribution in [0.3, 0.4) is 0 Å². The number of hydrogen-bond donors (Lipinski definition) is 1. The van der Waals surface area contributed by atoms with Gasteiger partial charge in [0.2, 0.25) is 5.91 Å². The van der Waals surface area contributed by atoms with Gasteiger partial charge in [-0.1, -0.05) is 24.3 Å². The molecule has 2 aromatic rings. The Morgan fingerprint density at radius 2 is 2.00 bits per heavy atom. The molecule has 0 aliphatic carbocycles. The standard InChI is InChI=1S/C15H17NO2.BrH.H2O/c1-11(17)16-9-8-13-5-3-4-12-6-7-14(18-2)10-15(12)13;;/h3-7,10H,8-9H2,1-2H3,(H,16,17);1H;1H2. The normalized spacial score (nSPS) is 9.30. The lowest BCUT2D eigenvalue weighted by Crippen LogP contribution is -2.22. The molecule has 3 N–H and O–H groups in total. The van der Waals surface area contributed by atoms with Crippen LogP contribution in [0, 0.1) is 0 Å². The zero-order chi connectivity index (χ0) is 13.0. The van der Waals surface area contributed by atoms with Gasteiger partial charge in [-0.2, -0.15) is 0 Å². The van der Waals surface area contributed by atoms with Crippen molar-refractivity contribution in [3.05, 3.63) is 42.0 Å². The summed E-state index contributed by atoms with van der Waals surface area (Å²) in [6, 6.07) is 12.3. The highest BCUT2D eigenvalue weighted by Gasteiger charge is 2.03. The fourth-order valence-electron chi connectivity index (χ4n) is 2.03. The summed E-state index contributed by atoms with van der Waals surface area (Å²) in [5.74, 6) is 0.863. The van der Waals surface area contributed by atoms with Gasteiger partial charge in [0, 0.05) is 13.5 Å². The van der Waals surface area contributed by atoms with Crippen LogP contribution >= 0.6 is 17.0 Å². The molecule has 1 amide bonds. The van der Waals surface area contributed by atoms with Crippen molar-refractivity contribution >= 4 is 33.7 Å². The number of carbonyl (C=O) groups is 1. The summed E-state index contributed by atoms with van der Waals surface area (Å²) in [6.45, 7) is 2.19. The van der Waals surface area contributed by atoms with E-state index < -0.39 is 0 Å². The molecular weight excluding hydrogens is 322 g/mol. The largest absolute Gasteiger partial charge is 0.497 e. The van der Waals surface area contributed by atoms with Crippen LogP contribution in [0.2, 0.25) is 0 Å². The molecule has 0 aliphatic rings. The Morgan fingerprint density at radius 1 is 1.25 bits per heavy atom. The van der Waals surface area contributed by atoms with E-state index in [4.69, 9.17) is 4.74 Å². The minimum Gasteiger partial charge on any atom is -0.497 e. The van der Waals surface area contributed by atoms with Crippen LogP contribution < -0.4 is 10.1 Å². The van der Waals surface area contributed by atoms with Gasteiger partial charge in [-0.05, 0) is 34.9 Å². The Balaban J connectivity index is 0.00000180. The first-order chi connectivity index (χ1) is 8.70. The number of ether oxygens (including phenoxy) is 1. The van der Waals surface area contributed by atoms with E-state index in [2.05, 4.69) is 23.5 Å². The Kier molecular flexibility index (Phi) is 7.87. The Bertz CT molecular complexity index is 572. The number of fused-ring (bicyclic) bond motifs is 1. The summed E-state index contributed by atoms with van der Waals surface area (Å²) >= 11 is 0. The van der Waals surface area contributed by atoms with Crippen molar-refractivity contribution in [1.29, 1.82) is 0 Å². The van der Waals surface area contributed by atoms with E-state index in [1.165, 1.54) is 23.3 Å². The summed E-state index contributed by atoms with van der Waals surface area (Å²) in [5.41, 5.74) is 1.22. The van der Waals surface area contributed by atoms with Crippen LogP contribution in [0.25, 0.3) is 10.8 Å². The molecule has 2 aromatic carbocycles. The number of nitrogens with one attached hydrogen (secondary N) is 1. The first kappa shape index (κ1) is 18.4. The first-order valence-corrected chi connectivity index (χ1v) is 6.01. The van der Waals surface area contributed by atoms with Crippen LogP contribution in [0.4, 0.5) is 0 Å². The lowest BCUT2D eigenvalue weighted by atomic mass is 10.0. The van der Waals surface area contributed by atoms with Crippen LogP contribution in [0.1, 0.15) is 12.5 Å². The molecule has 0 atom stereocenters. The predicted octanol–water partition coefficient (Wildman–Crippen LogP) is 2.28. The topological polar surface area (TPSA) is 69.8 Å². The molecule has 0 spiro atoms. The predicted molar refractivity (Wildman–Crippen MR) is 86.8 cm³/mol. The molecule has 0 saturated heterocycles. The zero-order valence-electron chi connectivity index (χ0n) is 11.6. The van der Waals surface area contributed by atoms with Gasteiger partial charge in [-0.3, -0.25) is 4.79 Å². The fourth-order valence-corrected chi connectivity index (χ4v) is 2.03. The summed E-state index contributed by atoms with van der Waals surface area (Å²) in [6.07, 6.45) is 0.823. The van der Waals surface area contributed by atoms with E-state index in [9.17, 15) is 4.79 Å². The molecule has 0 bridgehead atoms. The van der Waals surface area contributed by atoms with Crippen LogP contribution in [-0.2, 0) is 11.2 Å². The average Bonchev–Trinajstić information content (AvgIpc) is 2.38. The number of benzene rings is 2. The molecule has 0 heterocycles. The zero-order valence-corrected chi connectivity index (χ0v) is 13.3. The van der Waals surface area contributed by atoms with Gasteiger partial charge >= 0.3 is 0 Å². The second-order valence-electron chi connectivity index (χ2n) is 4.24. The molecule has 0 saturated carbocycles. The molecule has 0 fully saturated rings. The van der Waals surface area contributed by atoms with Gasteiger partial charge < -0.3 is 15.5 Å². The van der Waals surface area contributed by atoms with Crippen molar-refractivity contribution in [3.63, 3.8) is 0 Å². The van der Waals surface area contributed by atoms with E-state index in [-0.39, 0.29) is 28.4 Å². The van der Waals surface area contributed by atoms with Crippen molar-refractivity contribution in [2.45, 2.75) is 13.3 Å². The third-order valence-corrected chi connectivity index (χ3v) is 2.95. The number of halogens is 1. The smallest absolute Gasteiger partial charge is 0.216 e. The van der Waals surface area contributed by atoms with Gasteiger partial charge in [-0.25, -0.2) is 0 Å². The third-order valence-electron chi connectivity index (χ3n) is 2.95. The van der Waals surface area contributed by atoms with E-state index >= 15 is 0 Å². The molecule has 20 heavy (non-hydrogen) atoms. The van der Waals surface area contributed by atoms with Crippen LogP contribution in [0.15, 0.2) is 36.4 Å². The van der Waals surface area contributed by atoms with E-state index in [0.717, 1.165) is 12.2 Å². The lowest BCUT2D eigenvalue weighted by molar-refractivity contribution is -0.118. The van der Waals surface area contributed by atoms with Gasteiger partial charge in [0.15, 0.2) is 0 Å². The van der Waals surface area contributed by atoms with Crippen molar-refractivity contribution in [3.8, 4) is 5.75 Å². The Hall–Kier alpha value is -1.59. The summed E-state index contributed by atoms with van der Waals surface area (Å²) in [4.78, 5) is 10.9. The maximum atomic E-state index is 10.9. The molecule has 5 heteroatoms. The monoisotopic (exact) mass is 341 g/mol. The highest BCUT2D eigenvalue weighted by atomic mass is 79.9. The second-order valence-corrected chi connectivity index (χ2v) is 4.24. The maximum absolute atomic E-state index is 10.9. The maximum Gasteiger partial charge on any atom is 0.216 e. The van der Waals surface area contributed by atoms with Gasteiger partial charge in [-0.15, -0.1) is 17.0 Å². The lowest BCUT2D eigenvalue weighted by Gasteiger charge is -2.08. The van der Waals surface area contributed by atoms with Gasteiger partial charge in [0.05, 0.1) is 7.11 Å². The van der Waals surface area contributed by atoms with E-state index in [0.29, 0.717) is 6.54 Å². The molecule has 0 unspecified atom stereocenters. The summed E-state index contributed by atoms with van der Waals surface area (Å²) in [5, 5.41) is 5.19. The Morgan fingerprint density at radius 3 is 2.65 bits per heavy atom. The van der Waals surface area contributed by atoms with Crippen molar-refractivity contribution < 1.29 is 15.0 Å². The van der Waals surface area contributed by atoms with Gasteiger partial charge in [0.1, 0.15) is 5.75 Å². The molecule has 2 rings (SSSR count).